The second-order valence-electron chi connectivity index (χ2n) is 13.8. The number of carbonyl (C=O) groups excluding carboxylic acids is 3. The first kappa shape index (κ1) is 36.0. The van der Waals surface area contributed by atoms with Crippen molar-refractivity contribution in [3.63, 3.8) is 0 Å². The zero-order valence-electron chi connectivity index (χ0n) is 29.0. The highest BCUT2D eigenvalue weighted by Gasteiger charge is 2.55. The number of aromatic nitrogens is 3. The number of ketones is 1. The number of nitrogens with zero attached hydrogens (tertiary/aromatic N) is 4. The Morgan fingerprint density at radius 2 is 1.84 bits per heavy atom. The van der Waals surface area contributed by atoms with Crippen LogP contribution < -0.4 is 11.1 Å². The molecule has 0 bridgehead atoms. The number of nitrogens with two attached hydrogens (primary N) is 1. The number of methoxy groups -OCH3 is 1. The van der Waals surface area contributed by atoms with Gasteiger partial charge in [-0.1, -0.05) is 54.6 Å². The molecular formula is C37H50N6O6. The van der Waals surface area contributed by atoms with Gasteiger partial charge in [0, 0.05) is 43.9 Å². The molecule has 0 aliphatic carbocycles. The monoisotopic (exact) mass is 674 g/mol. The average molecular weight is 675 g/mol. The molecule has 6 atom stereocenters. The standard InChI is InChI=1S/C37H50N6O6/c1-25-19-30(47-4)15-16-33(44)26(2)35(45)48-24-37(3)34(31(39-22-25)20-27-11-6-5-7-12-27)43(36(46)49-37)18-9-8-17-42-23-32(40-41-42)28-13-10-14-29(38)21-28/h5-7,10-14,21,23,25-26,30-31,34,39H,8-9,15-20,22,24,38H2,1-4H3/t25-,26-,30+,31-,34-,37-/m1/s1. The van der Waals surface area contributed by atoms with Crippen molar-refractivity contribution in [2.24, 2.45) is 11.8 Å². The Morgan fingerprint density at radius 1 is 1.06 bits per heavy atom. The minimum absolute atomic E-state index is 0.119. The molecule has 3 heterocycles. The van der Waals surface area contributed by atoms with Crippen molar-refractivity contribution in [2.75, 3.05) is 32.5 Å². The lowest BCUT2D eigenvalue weighted by Crippen LogP contribution is -2.59. The molecule has 0 saturated carbocycles. The predicted octanol–water partition coefficient (Wildman–Crippen LogP) is 4.67. The predicted molar refractivity (Wildman–Crippen MR) is 185 cm³/mol. The Morgan fingerprint density at radius 3 is 2.59 bits per heavy atom. The highest BCUT2D eigenvalue weighted by Crippen LogP contribution is 2.35. The van der Waals surface area contributed by atoms with Gasteiger partial charge in [-0.25, -0.2) is 4.79 Å². The van der Waals surface area contributed by atoms with Crippen molar-refractivity contribution in [2.45, 2.75) is 89.6 Å². The number of hydrogen-bond acceptors (Lipinski definition) is 10. The van der Waals surface area contributed by atoms with Crippen molar-refractivity contribution in [1.82, 2.24) is 25.2 Å². The lowest BCUT2D eigenvalue weighted by atomic mass is 9.86. The van der Waals surface area contributed by atoms with Gasteiger partial charge in [-0.15, -0.1) is 5.10 Å². The lowest BCUT2D eigenvalue weighted by Gasteiger charge is -2.38. The molecule has 3 aromatic rings. The van der Waals surface area contributed by atoms with E-state index in [-0.39, 0.29) is 36.9 Å². The molecule has 1 amide bonds. The van der Waals surface area contributed by atoms with Gasteiger partial charge in [0.25, 0.3) is 0 Å². The highest BCUT2D eigenvalue weighted by molar-refractivity contribution is 5.98. The van der Waals surface area contributed by atoms with Gasteiger partial charge in [0.1, 0.15) is 24.0 Å². The molecule has 12 nitrogen and oxygen atoms in total. The fourth-order valence-electron chi connectivity index (χ4n) is 6.91. The van der Waals surface area contributed by atoms with Crippen LogP contribution in [-0.4, -0.2) is 88.3 Å². The summed E-state index contributed by atoms with van der Waals surface area (Å²) in [7, 11) is 1.66. The molecule has 2 aliphatic rings. The number of cyclic esters (lactones) is 1. The largest absolute Gasteiger partial charge is 0.461 e. The number of hydrogen-bond donors (Lipinski definition) is 2. The molecular weight excluding hydrogens is 624 g/mol. The van der Waals surface area contributed by atoms with Crippen LogP contribution in [0.15, 0.2) is 60.8 Å². The van der Waals surface area contributed by atoms with E-state index < -0.39 is 29.6 Å². The maximum absolute atomic E-state index is 13.7. The quantitative estimate of drug-likeness (QED) is 0.142. The van der Waals surface area contributed by atoms with Crippen LogP contribution in [0.3, 0.4) is 0 Å². The van der Waals surface area contributed by atoms with Gasteiger partial charge in [-0.05, 0) is 76.1 Å². The summed E-state index contributed by atoms with van der Waals surface area (Å²) in [5.41, 5.74) is 8.21. The average Bonchev–Trinajstić information content (AvgIpc) is 3.67. The van der Waals surface area contributed by atoms with Crippen LogP contribution in [0, 0.1) is 11.8 Å². The van der Waals surface area contributed by atoms with Gasteiger partial charge in [-0.3, -0.25) is 19.2 Å². The first-order chi connectivity index (χ1) is 23.6. The molecule has 49 heavy (non-hydrogen) atoms. The van der Waals surface area contributed by atoms with Gasteiger partial charge in [0.15, 0.2) is 5.60 Å². The van der Waals surface area contributed by atoms with Gasteiger partial charge in [-0.2, -0.15) is 0 Å². The summed E-state index contributed by atoms with van der Waals surface area (Å²) in [6.07, 6.45) is 4.89. The number of fused-ring (bicyclic) bond motifs is 1. The molecule has 264 valence electrons. The van der Waals surface area contributed by atoms with Crippen LogP contribution >= 0.6 is 0 Å². The second-order valence-corrected chi connectivity index (χ2v) is 13.8. The van der Waals surface area contributed by atoms with E-state index in [1.54, 1.807) is 23.6 Å². The molecule has 1 aromatic heterocycles. The topological polar surface area (TPSA) is 151 Å². The number of nitrogen functional groups attached to an aromatic ring is 1. The summed E-state index contributed by atoms with van der Waals surface area (Å²) >= 11 is 0. The van der Waals surface area contributed by atoms with Crippen molar-refractivity contribution in [3.05, 3.63) is 66.4 Å². The minimum Gasteiger partial charge on any atom is -0.461 e. The maximum atomic E-state index is 13.7. The van der Waals surface area contributed by atoms with E-state index in [0.29, 0.717) is 44.6 Å². The van der Waals surface area contributed by atoms with E-state index in [9.17, 15) is 14.4 Å². The number of unbranched alkanes of at least 4 members (excludes halogenated alkanes) is 1. The summed E-state index contributed by atoms with van der Waals surface area (Å²) in [6, 6.07) is 17.0. The molecule has 2 fully saturated rings. The number of anilines is 1. The number of Topliss-reactive ketones (excluding diaryl/α,β-unsaturated/α-hetero) is 1. The van der Waals surface area contributed by atoms with Crippen LogP contribution in [0.1, 0.15) is 58.4 Å². The van der Waals surface area contributed by atoms with Gasteiger partial charge < -0.3 is 25.3 Å². The van der Waals surface area contributed by atoms with Crippen molar-refractivity contribution in [3.8, 4) is 11.3 Å². The molecule has 12 heteroatoms. The number of ether oxygens (including phenoxy) is 3. The molecule has 2 saturated heterocycles. The number of benzene rings is 2. The number of amides is 1. The molecule has 3 N–H and O–H groups in total. The third-order valence-corrected chi connectivity index (χ3v) is 9.73. The molecule has 0 spiro atoms. The first-order valence-electron chi connectivity index (χ1n) is 17.3. The van der Waals surface area contributed by atoms with E-state index in [1.165, 1.54) is 0 Å². The number of esters is 1. The van der Waals surface area contributed by atoms with Crippen LogP contribution in [0.25, 0.3) is 11.3 Å². The first-order valence-corrected chi connectivity index (χ1v) is 17.3. The third-order valence-electron chi connectivity index (χ3n) is 9.73. The minimum atomic E-state index is -1.15. The zero-order valence-corrected chi connectivity index (χ0v) is 29.0. The van der Waals surface area contributed by atoms with Crippen LogP contribution in [0.4, 0.5) is 10.5 Å². The van der Waals surface area contributed by atoms with Crippen LogP contribution in [-0.2, 0) is 36.8 Å². The Hall–Kier alpha value is -4.29. The van der Waals surface area contributed by atoms with E-state index >= 15 is 0 Å². The normalized spacial score (nSPS) is 27.1. The summed E-state index contributed by atoms with van der Waals surface area (Å²) in [6.45, 7) is 7.12. The van der Waals surface area contributed by atoms with Gasteiger partial charge >= 0.3 is 12.1 Å². The van der Waals surface area contributed by atoms with E-state index in [1.807, 2.05) is 55.6 Å². The lowest BCUT2D eigenvalue weighted by molar-refractivity contribution is -0.157. The third kappa shape index (κ3) is 9.24. The molecule has 2 aromatic carbocycles. The number of carbonyl (C=O) groups is 3. The van der Waals surface area contributed by atoms with Crippen molar-refractivity contribution >= 4 is 23.5 Å². The fourth-order valence-corrected chi connectivity index (χ4v) is 6.91. The molecule has 5 rings (SSSR count). The molecule has 2 aliphatic heterocycles. The summed E-state index contributed by atoms with van der Waals surface area (Å²) < 4.78 is 19.4. The second kappa shape index (κ2) is 16.4. The Balaban J connectivity index is 1.36. The van der Waals surface area contributed by atoms with Crippen molar-refractivity contribution in [1.29, 1.82) is 0 Å². The van der Waals surface area contributed by atoms with E-state index in [4.69, 9.17) is 19.9 Å². The highest BCUT2D eigenvalue weighted by atomic mass is 16.6. The van der Waals surface area contributed by atoms with Gasteiger partial charge in [0.2, 0.25) is 0 Å². The molecule has 0 unspecified atom stereocenters. The van der Waals surface area contributed by atoms with E-state index in [0.717, 1.165) is 29.7 Å². The van der Waals surface area contributed by atoms with E-state index in [2.05, 4.69) is 34.7 Å². The summed E-state index contributed by atoms with van der Waals surface area (Å²) in [5.74, 6) is -1.51. The van der Waals surface area contributed by atoms with Crippen LogP contribution in [0.5, 0.6) is 0 Å². The number of aryl methyl sites for hydroxylation is 1. The number of rotatable bonds is 9. The Bertz CT molecular complexity index is 1570. The number of nitrogens with one attached hydrogen (secondary N) is 1. The van der Waals surface area contributed by atoms with Crippen LogP contribution in [0.2, 0.25) is 0 Å². The smallest absolute Gasteiger partial charge is 0.410 e. The van der Waals surface area contributed by atoms with Crippen molar-refractivity contribution < 1.29 is 28.6 Å². The summed E-state index contributed by atoms with van der Waals surface area (Å²) in [5, 5.41) is 12.4. The Kier molecular flexibility index (Phi) is 12.1. The molecule has 0 radical (unpaired) electrons. The zero-order chi connectivity index (χ0) is 35.0. The maximum Gasteiger partial charge on any atom is 0.410 e. The SMILES string of the molecule is CO[C@H]1CCC(=O)[C@@H](C)C(=O)OC[C@@]2(C)OC(=O)N(CCCCn3cc(-c4cccc(N)c4)nn3)[C@@H]2[C@@H](Cc2ccccc2)NC[C@H](C)C1. The summed E-state index contributed by atoms with van der Waals surface area (Å²) in [4.78, 5) is 41.5. The Labute approximate surface area is 288 Å². The van der Waals surface area contributed by atoms with Gasteiger partial charge in [0.05, 0.1) is 18.3 Å². The fraction of sp³-hybridized carbons (Fsp3) is 0.541.